The van der Waals surface area contributed by atoms with Crippen molar-refractivity contribution >= 4 is 0 Å². The Labute approximate surface area is 85.7 Å². The summed E-state index contributed by atoms with van der Waals surface area (Å²) in [5.74, 6) is 0. The number of benzene rings is 1. The molecule has 1 aromatic rings. The smallest absolute Gasteiger partial charge is 0.0259 e. The molecule has 0 aliphatic carbocycles. The normalized spacial score (nSPS) is 22.1. The Morgan fingerprint density at radius 2 is 2.21 bits per heavy atom. The summed E-state index contributed by atoms with van der Waals surface area (Å²) in [6.45, 7) is 3.94. The van der Waals surface area contributed by atoms with E-state index in [1.807, 2.05) is 0 Å². The van der Waals surface area contributed by atoms with Crippen molar-refractivity contribution in [2.45, 2.75) is 25.9 Å². The van der Waals surface area contributed by atoms with Gasteiger partial charge in [0.2, 0.25) is 0 Å². The second-order valence-corrected chi connectivity index (χ2v) is 4.28. The Balaban J connectivity index is 2.31. The van der Waals surface area contributed by atoms with Gasteiger partial charge in [-0.1, -0.05) is 23.8 Å². The molecular formula is C12H18N2. The van der Waals surface area contributed by atoms with Crippen LogP contribution in [-0.2, 0) is 13.0 Å². The molecule has 1 aromatic carbocycles. The van der Waals surface area contributed by atoms with E-state index in [1.54, 1.807) is 0 Å². The van der Waals surface area contributed by atoms with Crippen LogP contribution < -0.4 is 5.73 Å². The van der Waals surface area contributed by atoms with E-state index in [2.05, 4.69) is 37.1 Å². The van der Waals surface area contributed by atoms with Crippen molar-refractivity contribution in [1.29, 1.82) is 0 Å². The summed E-state index contributed by atoms with van der Waals surface area (Å²) in [5, 5.41) is 0. The zero-order valence-corrected chi connectivity index (χ0v) is 8.96. The first-order valence-corrected chi connectivity index (χ1v) is 5.19. The number of nitrogens with zero attached hydrogens (tertiary/aromatic N) is 1. The van der Waals surface area contributed by atoms with E-state index in [4.69, 9.17) is 5.73 Å². The van der Waals surface area contributed by atoms with Gasteiger partial charge in [-0.15, -0.1) is 0 Å². The van der Waals surface area contributed by atoms with Crippen LogP contribution in [0.2, 0.25) is 0 Å². The predicted molar refractivity (Wildman–Crippen MR) is 59.2 cm³/mol. The van der Waals surface area contributed by atoms with Gasteiger partial charge in [0.15, 0.2) is 0 Å². The number of fused-ring (bicyclic) bond motifs is 1. The fourth-order valence-corrected chi connectivity index (χ4v) is 2.17. The Morgan fingerprint density at radius 1 is 1.43 bits per heavy atom. The van der Waals surface area contributed by atoms with E-state index in [9.17, 15) is 0 Å². The molecule has 2 N–H and O–H groups in total. The fourth-order valence-electron chi connectivity index (χ4n) is 2.17. The van der Waals surface area contributed by atoms with Gasteiger partial charge in [-0.05, 0) is 31.5 Å². The summed E-state index contributed by atoms with van der Waals surface area (Å²) in [5.41, 5.74) is 10.0. The quantitative estimate of drug-likeness (QED) is 0.723. The molecule has 0 saturated carbocycles. The van der Waals surface area contributed by atoms with Crippen LogP contribution in [0.4, 0.5) is 0 Å². The number of rotatable bonds is 1. The molecule has 0 aromatic heterocycles. The van der Waals surface area contributed by atoms with Crippen molar-refractivity contribution in [2.75, 3.05) is 13.6 Å². The lowest BCUT2D eigenvalue weighted by molar-refractivity contribution is 0.220. The van der Waals surface area contributed by atoms with Crippen molar-refractivity contribution < 1.29 is 0 Å². The lowest BCUT2D eigenvalue weighted by Crippen LogP contribution is -2.42. The molecule has 0 bridgehead atoms. The molecule has 1 aliphatic heterocycles. The van der Waals surface area contributed by atoms with Crippen molar-refractivity contribution in [1.82, 2.24) is 4.90 Å². The van der Waals surface area contributed by atoms with E-state index in [0.717, 1.165) is 19.5 Å². The van der Waals surface area contributed by atoms with E-state index in [0.29, 0.717) is 6.04 Å². The summed E-state index contributed by atoms with van der Waals surface area (Å²) < 4.78 is 0. The van der Waals surface area contributed by atoms with Crippen LogP contribution in [0.1, 0.15) is 16.7 Å². The van der Waals surface area contributed by atoms with E-state index < -0.39 is 0 Å². The molecule has 0 amide bonds. The van der Waals surface area contributed by atoms with E-state index in [1.165, 1.54) is 16.7 Å². The summed E-state index contributed by atoms with van der Waals surface area (Å²) in [4.78, 5) is 2.34. The minimum Gasteiger partial charge on any atom is -0.329 e. The second kappa shape index (κ2) is 3.71. The SMILES string of the molecule is Cc1ccc2c(c1)C[C@H](CN)N(C)C2. The average Bonchev–Trinajstić information content (AvgIpc) is 2.17. The van der Waals surface area contributed by atoms with E-state index >= 15 is 0 Å². The highest BCUT2D eigenvalue weighted by atomic mass is 15.1. The molecule has 0 saturated heterocycles. The lowest BCUT2D eigenvalue weighted by atomic mass is 9.93. The molecule has 0 radical (unpaired) electrons. The summed E-state index contributed by atoms with van der Waals surface area (Å²) in [6, 6.07) is 7.25. The van der Waals surface area contributed by atoms with Gasteiger partial charge in [-0.25, -0.2) is 0 Å². The Kier molecular flexibility index (Phi) is 2.57. The van der Waals surface area contributed by atoms with Crippen molar-refractivity contribution in [3.05, 3.63) is 34.9 Å². The highest BCUT2D eigenvalue weighted by molar-refractivity contribution is 5.33. The van der Waals surface area contributed by atoms with Gasteiger partial charge in [0.25, 0.3) is 0 Å². The molecular weight excluding hydrogens is 172 g/mol. The molecule has 1 atom stereocenters. The molecule has 1 aliphatic rings. The molecule has 76 valence electrons. The van der Waals surface area contributed by atoms with Crippen LogP contribution in [0.3, 0.4) is 0 Å². The van der Waals surface area contributed by atoms with Gasteiger partial charge < -0.3 is 5.73 Å². The first-order valence-electron chi connectivity index (χ1n) is 5.19. The fraction of sp³-hybridized carbons (Fsp3) is 0.500. The third-order valence-corrected chi connectivity index (χ3v) is 3.13. The van der Waals surface area contributed by atoms with Gasteiger partial charge in [0, 0.05) is 19.1 Å². The van der Waals surface area contributed by atoms with Crippen LogP contribution >= 0.6 is 0 Å². The molecule has 2 heteroatoms. The third-order valence-electron chi connectivity index (χ3n) is 3.13. The lowest BCUT2D eigenvalue weighted by Gasteiger charge is -2.33. The molecule has 14 heavy (non-hydrogen) atoms. The number of aryl methyl sites for hydroxylation is 1. The van der Waals surface area contributed by atoms with E-state index in [-0.39, 0.29) is 0 Å². The van der Waals surface area contributed by atoms with Crippen molar-refractivity contribution in [3.8, 4) is 0 Å². The van der Waals surface area contributed by atoms with Crippen LogP contribution in [-0.4, -0.2) is 24.5 Å². The number of hydrogen-bond donors (Lipinski definition) is 1. The van der Waals surface area contributed by atoms with Crippen molar-refractivity contribution in [2.24, 2.45) is 5.73 Å². The highest BCUT2D eigenvalue weighted by Crippen LogP contribution is 2.22. The molecule has 2 rings (SSSR count). The minimum atomic E-state index is 0.518. The third kappa shape index (κ3) is 1.68. The van der Waals surface area contributed by atoms with Gasteiger partial charge in [-0.2, -0.15) is 0 Å². The predicted octanol–water partition coefficient (Wildman–Crippen LogP) is 1.31. The first-order chi connectivity index (χ1) is 6.70. The highest BCUT2D eigenvalue weighted by Gasteiger charge is 2.21. The monoisotopic (exact) mass is 190 g/mol. The number of nitrogens with two attached hydrogens (primary N) is 1. The van der Waals surface area contributed by atoms with Gasteiger partial charge in [-0.3, -0.25) is 4.90 Å². The molecule has 2 nitrogen and oxygen atoms in total. The molecule has 0 spiro atoms. The van der Waals surface area contributed by atoms with Gasteiger partial charge in [0.1, 0.15) is 0 Å². The van der Waals surface area contributed by atoms with Gasteiger partial charge >= 0.3 is 0 Å². The number of likely N-dealkylation sites (N-methyl/N-ethyl adjacent to an activating group) is 1. The second-order valence-electron chi connectivity index (χ2n) is 4.28. The topological polar surface area (TPSA) is 29.3 Å². The average molecular weight is 190 g/mol. The van der Waals surface area contributed by atoms with Gasteiger partial charge in [0.05, 0.1) is 0 Å². The van der Waals surface area contributed by atoms with Crippen LogP contribution in [0, 0.1) is 6.92 Å². The van der Waals surface area contributed by atoms with Crippen LogP contribution in [0.15, 0.2) is 18.2 Å². The maximum atomic E-state index is 5.75. The Bertz CT molecular complexity index is 333. The largest absolute Gasteiger partial charge is 0.329 e. The standard InChI is InChI=1S/C12H18N2/c1-9-3-4-10-8-14(2)12(7-13)6-11(10)5-9/h3-5,12H,6-8,13H2,1-2H3/t12-/m1/s1. The Hall–Kier alpha value is -0.860. The first kappa shape index (κ1) is 9.69. The minimum absolute atomic E-state index is 0.518. The molecule has 0 unspecified atom stereocenters. The number of hydrogen-bond acceptors (Lipinski definition) is 2. The van der Waals surface area contributed by atoms with Crippen LogP contribution in [0.25, 0.3) is 0 Å². The molecule has 0 fully saturated rings. The van der Waals surface area contributed by atoms with Crippen molar-refractivity contribution in [3.63, 3.8) is 0 Å². The maximum absolute atomic E-state index is 5.75. The van der Waals surface area contributed by atoms with Crippen LogP contribution in [0.5, 0.6) is 0 Å². The Morgan fingerprint density at radius 3 is 2.93 bits per heavy atom. The molecule has 1 heterocycles. The summed E-state index contributed by atoms with van der Waals surface area (Å²) in [6.07, 6.45) is 1.10. The zero-order valence-electron chi connectivity index (χ0n) is 8.96. The summed E-state index contributed by atoms with van der Waals surface area (Å²) in [7, 11) is 2.15. The maximum Gasteiger partial charge on any atom is 0.0259 e. The zero-order chi connectivity index (χ0) is 10.1. The summed E-state index contributed by atoms with van der Waals surface area (Å²) >= 11 is 0.